The van der Waals surface area contributed by atoms with Crippen LogP contribution in [0.1, 0.15) is 58.2 Å². The van der Waals surface area contributed by atoms with Gasteiger partial charge in [-0.25, -0.2) is 4.98 Å². The number of phenolic OH excluding ortho intramolecular Hbond substituents is 1. The second-order valence-corrected chi connectivity index (χ2v) is 14.0. The zero-order valence-electron chi connectivity index (χ0n) is 25.1. The topological polar surface area (TPSA) is 45.5 Å². The van der Waals surface area contributed by atoms with Gasteiger partial charge in [0.05, 0.1) is 15.9 Å². The molecular formula is C38H36N2OS. The number of hydrogen-bond donors (Lipinski definition) is 1. The van der Waals surface area contributed by atoms with Crippen LogP contribution in [0.25, 0.3) is 42.7 Å². The molecule has 0 aliphatic heterocycles. The van der Waals surface area contributed by atoms with Crippen LogP contribution in [-0.2, 0) is 10.8 Å². The molecule has 0 bridgehead atoms. The molecule has 0 unspecified atom stereocenters. The molecule has 0 amide bonds. The number of thiazole rings is 1. The van der Waals surface area contributed by atoms with Crippen molar-refractivity contribution in [3.8, 4) is 27.4 Å². The number of aliphatic imine (C=N–C) groups is 1. The summed E-state index contributed by atoms with van der Waals surface area (Å²) in [5, 5.41) is 14.7. The number of hydrogen-bond acceptors (Lipinski definition) is 4. The average molecular weight is 569 g/mol. The Morgan fingerprint density at radius 2 is 1.38 bits per heavy atom. The standard InChI is InChI=1S/C38H36N2OS/c1-37(2,3)26-21-25(35(41)31(22-26)38(4,5)6)23-39-32-19-10-9-16-30(32)36-40-34-29(18-12-20-33(34)42-36)28-17-11-14-24-13-7-8-15-27(24)28/h7-23,41H,1-6H3. The molecule has 1 N–H and O–H groups in total. The summed E-state index contributed by atoms with van der Waals surface area (Å²) in [6.07, 6.45) is 1.80. The Labute approximate surface area is 252 Å². The first kappa shape index (κ1) is 27.9. The molecule has 0 atom stereocenters. The molecular weight excluding hydrogens is 532 g/mol. The number of aromatic nitrogens is 1. The van der Waals surface area contributed by atoms with E-state index in [9.17, 15) is 5.11 Å². The van der Waals surface area contributed by atoms with Gasteiger partial charge in [0.25, 0.3) is 0 Å². The van der Waals surface area contributed by atoms with Crippen molar-refractivity contribution in [2.75, 3.05) is 0 Å². The zero-order valence-corrected chi connectivity index (χ0v) is 25.9. The third-order valence-corrected chi connectivity index (χ3v) is 8.84. The van der Waals surface area contributed by atoms with E-state index in [1.54, 1.807) is 17.6 Å². The minimum Gasteiger partial charge on any atom is -0.507 e. The fourth-order valence-electron chi connectivity index (χ4n) is 5.41. The van der Waals surface area contributed by atoms with Crippen molar-refractivity contribution in [3.05, 3.63) is 114 Å². The van der Waals surface area contributed by atoms with E-state index in [1.165, 1.54) is 21.9 Å². The van der Waals surface area contributed by atoms with Crippen molar-refractivity contribution >= 4 is 44.2 Å². The van der Waals surface area contributed by atoms with Gasteiger partial charge in [-0.2, -0.15) is 0 Å². The highest BCUT2D eigenvalue weighted by Gasteiger charge is 2.24. The number of benzene rings is 5. The summed E-state index contributed by atoms with van der Waals surface area (Å²) in [6.45, 7) is 13.0. The van der Waals surface area contributed by atoms with Gasteiger partial charge in [0.15, 0.2) is 0 Å². The minimum absolute atomic E-state index is 0.0586. The second kappa shape index (κ2) is 10.5. The molecule has 4 heteroatoms. The molecule has 6 aromatic rings. The molecule has 1 aromatic heterocycles. The molecule has 0 spiro atoms. The number of fused-ring (bicyclic) bond motifs is 2. The van der Waals surface area contributed by atoms with Crippen LogP contribution in [0.4, 0.5) is 5.69 Å². The van der Waals surface area contributed by atoms with Gasteiger partial charge in [-0.05, 0) is 57.0 Å². The van der Waals surface area contributed by atoms with Gasteiger partial charge in [-0.3, -0.25) is 4.99 Å². The van der Waals surface area contributed by atoms with Crippen LogP contribution in [0.2, 0.25) is 0 Å². The maximum Gasteiger partial charge on any atom is 0.128 e. The van der Waals surface area contributed by atoms with Gasteiger partial charge in [-0.1, -0.05) is 114 Å². The quantitative estimate of drug-likeness (QED) is 0.215. The predicted molar refractivity (Wildman–Crippen MR) is 181 cm³/mol. The second-order valence-electron chi connectivity index (χ2n) is 12.9. The van der Waals surface area contributed by atoms with E-state index in [-0.39, 0.29) is 16.6 Å². The summed E-state index contributed by atoms with van der Waals surface area (Å²) in [4.78, 5) is 10.1. The first-order valence-electron chi connectivity index (χ1n) is 14.4. The van der Waals surface area contributed by atoms with Crippen LogP contribution in [-0.4, -0.2) is 16.3 Å². The number of aromatic hydroxyl groups is 1. The maximum atomic E-state index is 11.3. The first-order valence-corrected chi connectivity index (χ1v) is 15.2. The molecule has 0 radical (unpaired) electrons. The smallest absolute Gasteiger partial charge is 0.128 e. The fourth-order valence-corrected chi connectivity index (χ4v) is 6.43. The van der Waals surface area contributed by atoms with Crippen molar-refractivity contribution in [2.24, 2.45) is 4.99 Å². The summed E-state index contributed by atoms with van der Waals surface area (Å²) >= 11 is 1.68. The highest BCUT2D eigenvalue weighted by atomic mass is 32.1. The Kier molecular flexibility index (Phi) is 6.98. The molecule has 0 saturated heterocycles. The van der Waals surface area contributed by atoms with E-state index in [0.29, 0.717) is 0 Å². The molecule has 5 aromatic carbocycles. The van der Waals surface area contributed by atoms with E-state index in [4.69, 9.17) is 9.98 Å². The molecule has 42 heavy (non-hydrogen) atoms. The van der Waals surface area contributed by atoms with Gasteiger partial charge in [0.1, 0.15) is 10.8 Å². The van der Waals surface area contributed by atoms with Gasteiger partial charge in [-0.15, -0.1) is 11.3 Å². The summed E-state index contributed by atoms with van der Waals surface area (Å²) < 4.78 is 1.14. The lowest BCUT2D eigenvalue weighted by Gasteiger charge is -2.27. The number of nitrogens with zero attached hydrogens (tertiary/aromatic N) is 2. The normalized spacial score (nSPS) is 12.5. The molecule has 1 heterocycles. The zero-order chi connectivity index (χ0) is 29.6. The van der Waals surface area contributed by atoms with E-state index < -0.39 is 0 Å². The lowest BCUT2D eigenvalue weighted by Crippen LogP contribution is -2.17. The minimum atomic E-state index is -0.200. The molecule has 0 aliphatic carbocycles. The van der Waals surface area contributed by atoms with E-state index in [0.717, 1.165) is 43.2 Å². The lowest BCUT2D eigenvalue weighted by atomic mass is 9.79. The molecule has 6 rings (SSSR count). The van der Waals surface area contributed by atoms with Gasteiger partial charge < -0.3 is 5.11 Å². The van der Waals surface area contributed by atoms with Crippen molar-refractivity contribution in [2.45, 2.75) is 52.4 Å². The summed E-state index contributed by atoms with van der Waals surface area (Å²) in [7, 11) is 0. The van der Waals surface area contributed by atoms with Crippen LogP contribution < -0.4 is 0 Å². The molecule has 0 saturated carbocycles. The third-order valence-electron chi connectivity index (χ3n) is 7.79. The summed E-state index contributed by atoms with van der Waals surface area (Å²) in [5.41, 5.74) is 7.68. The lowest BCUT2D eigenvalue weighted by molar-refractivity contribution is 0.444. The molecule has 3 nitrogen and oxygen atoms in total. The predicted octanol–water partition coefficient (Wildman–Crippen LogP) is 10.8. The molecule has 0 aliphatic rings. The van der Waals surface area contributed by atoms with Gasteiger partial charge in [0.2, 0.25) is 0 Å². The van der Waals surface area contributed by atoms with Gasteiger partial charge in [0, 0.05) is 28.5 Å². The molecule has 0 fully saturated rings. The largest absolute Gasteiger partial charge is 0.507 e. The van der Waals surface area contributed by atoms with E-state index >= 15 is 0 Å². The Morgan fingerprint density at radius 1 is 0.714 bits per heavy atom. The van der Waals surface area contributed by atoms with E-state index in [1.807, 2.05) is 18.2 Å². The van der Waals surface area contributed by atoms with Crippen LogP contribution in [0.3, 0.4) is 0 Å². The van der Waals surface area contributed by atoms with Crippen molar-refractivity contribution in [1.29, 1.82) is 0 Å². The fraction of sp³-hybridized carbons (Fsp3) is 0.211. The maximum absolute atomic E-state index is 11.3. The highest BCUT2D eigenvalue weighted by molar-refractivity contribution is 7.21. The monoisotopic (exact) mass is 568 g/mol. The number of para-hydroxylation sites is 2. The van der Waals surface area contributed by atoms with Crippen LogP contribution in [0.15, 0.2) is 102 Å². The van der Waals surface area contributed by atoms with Crippen LogP contribution in [0, 0.1) is 0 Å². The van der Waals surface area contributed by atoms with Crippen LogP contribution >= 0.6 is 11.3 Å². The first-order chi connectivity index (χ1) is 20.0. The Balaban J connectivity index is 1.45. The van der Waals surface area contributed by atoms with Crippen molar-refractivity contribution in [1.82, 2.24) is 4.98 Å². The van der Waals surface area contributed by atoms with Gasteiger partial charge >= 0.3 is 0 Å². The average Bonchev–Trinajstić information content (AvgIpc) is 3.40. The number of phenols is 1. The summed E-state index contributed by atoms with van der Waals surface area (Å²) in [5.74, 6) is 0.288. The third kappa shape index (κ3) is 5.23. The van der Waals surface area contributed by atoms with Crippen LogP contribution in [0.5, 0.6) is 5.75 Å². The highest BCUT2D eigenvalue weighted by Crippen LogP contribution is 2.41. The Bertz CT molecular complexity index is 1960. The summed E-state index contributed by atoms with van der Waals surface area (Å²) in [6, 6.07) is 33.7. The van der Waals surface area contributed by atoms with Crippen molar-refractivity contribution < 1.29 is 5.11 Å². The Hall–Kier alpha value is -4.28. The Morgan fingerprint density at radius 3 is 2.17 bits per heavy atom. The number of rotatable bonds is 4. The van der Waals surface area contributed by atoms with Crippen molar-refractivity contribution in [3.63, 3.8) is 0 Å². The molecule has 210 valence electrons. The van der Waals surface area contributed by atoms with E-state index in [2.05, 4.69) is 120 Å². The SMILES string of the molecule is CC(C)(C)c1cc(C=Nc2ccccc2-c2nc3c(-c4cccc5ccccc45)cccc3s2)c(O)c(C(C)(C)C)c1.